The van der Waals surface area contributed by atoms with Gasteiger partial charge in [0.1, 0.15) is 0 Å². The number of aryl methyl sites for hydroxylation is 1. The average Bonchev–Trinajstić information content (AvgIpc) is 3.21. The van der Waals surface area contributed by atoms with Crippen molar-refractivity contribution in [3.8, 4) is 6.07 Å². The van der Waals surface area contributed by atoms with Crippen LogP contribution >= 0.6 is 11.6 Å². The normalized spacial score (nSPS) is 18.5. The number of nitrogens with zero attached hydrogens (tertiary/aromatic N) is 1. The molecule has 1 aromatic rings. The van der Waals surface area contributed by atoms with E-state index in [1.54, 1.807) is 0 Å². The van der Waals surface area contributed by atoms with Gasteiger partial charge in [0, 0.05) is 11.4 Å². The summed E-state index contributed by atoms with van der Waals surface area (Å²) in [7, 11) is 0. The van der Waals surface area contributed by atoms with Crippen LogP contribution in [-0.4, -0.2) is 5.11 Å². The molecule has 1 N–H and O–H groups in total. The minimum atomic E-state index is -0.416. The Hall–Kier alpha value is -1.04. The monoisotopic (exact) mass is 319 g/mol. The smallest absolute Gasteiger partial charge is 0.0792 e. The number of hydrogen-bond acceptors (Lipinski definition) is 2. The fraction of sp³-hybridized carbons (Fsp3) is 0.632. The molecule has 1 aromatic carbocycles. The first kappa shape index (κ1) is 17.3. The summed E-state index contributed by atoms with van der Waals surface area (Å²) in [6.07, 6.45) is 6.73. The highest BCUT2D eigenvalue weighted by Crippen LogP contribution is 2.54. The summed E-state index contributed by atoms with van der Waals surface area (Å²) in [5, 5.41) is 19.9. The van der Waals surface area contributed by atoms with Crippen LogP contribution in [-0.2, 0) is 0 Å². The zero-order valence-electron chi connectivity index (χ0n) is 13.6. The molecule has 1 unspecified atom stereocenters. The van der Waals surface area contributed by atoms with E-state index in [1.807, 2.05) is 25.1 Å². The molecule has 1 aliphatic rings. The first-order valence-electron chi connectivity index (χ1n) is 8.27. The summed E-state index contributed by atoms with van der Waals surface area (Å²) in [6.45, 7) is 4.33. The fourth-order valence-corrected chi connectivity index (χ4v) is 3.64. The van der Waals surface area contributed by atoms with Gasteiger partial charge in [0.25, 0.3) is 0 Å². The van der Waals surface area contributed by atoms with Gasteiger partial charge >= 0.3 is 0 Å². The van der Waals surface area contributed by atoms with Crippen LogP contribution in [0.5, 0.6) is 0 Å². The van der Waals surface area contributed by atoms with Crippen LogP contribution in [0.2, 0.25) is 5.02 Å². The Balaban J connectivity index is 1.85. The highest BCUT2D eigenvalue weighted by Gasteiger charge is 2.43. The van der Waals surface area contributed by atoms with Crippen LogP contribution in [0.4, 0.5) is 0 Å². The van der Waals surface area contributed by atoms with Crippen molar-refractivity contribution in [2.24, 2.45) is 11.3 Å². The van der Waals surface area contributed by atoms with Crippen molar-refractivity contribution in [2.75, 3.05) is 0 Å². The molecule has 1 aliphatic carbocycles. The van der Waals surface area contributed by atoms with Crippen molar-refractivity contribution in [3.05, 3.63) is 34.3 Å². The summed E-state index contributed by atoms with van der Waals surface area (Å²) in [6, 6.07) is 7.95. The quantitative estimate of drug-likeness (QED) is 0.680. The van der Waals surface area contributed by atoms with E-state index in [0.717, 1.165) is 36.8 Å². The van der Waals surface area contributed by atoms with Crippen molar-refractivity contribution in [1.82, 2.24) is 0 Å². The van der Waals surface area contributed by atoms with E-state index in [9.17, 15) is 5.11 Å². The van der Waals surface area contributed by atoms with Crippen molar-refractivity contribution in [3.63, 3.8) is 0 Å². The van der Waals surface area contributed by atoms with E-state index >= 15 is 0 Å². The van der Waals surface area contributed by atoms with Crippen LogP contribution in [0, 0.1) is 29.6 Å². The van der Waals surface area contributed by atoms with Gasteiger partial charge < -0.3 is 5.11 Å². The third-order valence-corrected chi connectivity index (χ3v) is 5.48. The van der Waals surface area contributed by atoms with E-state index in [2.05, 4.69) is 13.0 Å². The average molecular weight is 320 g/mol. The Kier molecular flexibility index (Phi) is 5.89. The summed E-state index contributed by atoms with van der Waals surface area (Å²) in [4.78, 5) is 0. The van der Waals surface area contributed by atoms with Crippen LogP contribution in [0.15, 0.2) is 18.2 Å². The van der Waals surface area contributed by atoms with E-state index in [0.29, 0.717) is 22.8 Å². The SMILES string of the molecule is Cc1cc(Cl)ccc1[C@H](O)CCCC(CCC#N)C1(C)CC1. The van der Waals surface area contributed by atoms with Gasteiger partial charge in [-0.25, -0.2) is 0 Å². The van der Waals surface area contributed by atoms with Crippen LogP contribution in [0.3, 0.4) is 0 Å². The van der Waals surface area contributed by atoms with Gasteiger partial charge in [-0.05, 0) is 73.6 Å². The molecule has 1 fully saturated rings. The van der Waals surface area contributed by atoms with Gasteiger partial charge in [0.05, 0.1) is 12.2 Å². The van der Waals surface area contributed by atoms with Gasteiger partial charge in [-0.1, -0.05) is 31.0 Å². The molecule has 120 valence electrons. The maximum absolute atomic E-state index is 10.4. The number of nitriles is 1. The summed E-state index contributed by atoms with van der Waals surface area (Å²) in [5.41, 5.74) is 2.49. The fourth-order valence-electron chi connectivity index (χ4n) is 3.41. The summed E-state index contributed by atoms with van der Waals surface area (Å²) in [5.74, 6) is 0.630. The second kappa shape index (κ2) is 7.49. The number of aliphatic hydroxyl groups is 1. The van der Waals surface area contributed by atoms with Gasteiger partial charge in [-0.15, -0.1) is 0 Å². The Morgan fingerprint density at radius 1 is 1.32 bits per heavy atom. The minimum absolute atomic E-state index is 0.416. The van der Waals surface area contributed by atoms with E-state index in [-0.39, 0.29) is 0 Å². The molecule has 0 aromatic heterocycles. The first-order valence-corrected chi connectivity index (χ1v) is 8.65. The Bertz CT molecular complexity index is 545. The van der Waals surface area contributed by atoms with Crippen molar-refractivity contribution < 1.29 is 5.11 Å². The molecule has 2 rings (SSSR count). The molecule has 0 bridgehead atoms. The zero-order chi connectivity index (χ0) is 16.2. The molecule has 0 radical (unpaired) electrons. The van der Waals surface area contributed by atoms with Crippen molar-refractivity contribution >= 4 is 11.6 Å². The lowest BCUT2D eigenvalue weighted by Gasteiger charge is -2.23. The Morgan fingerprint density at radius 2 is 2.05 bits per heavy atom. The van der Waals surface area contributed by atoms with Crippen LogP contribution < -0.4 is 0 Å². The van der Waals surface area contributed by atoms with Gasteiger partial charge in [-0.2, -0.15) is 5.26 Å². The van der Waals surface area contributed by atoms with Gasteiger partial charge in [0.2, 0.25) is 0 Å². The molecule has 0 amide bonds. The molecule has 0 aliphatic heterocycles. The topological polar surface area (TPSA) is 44.0 Å². The van der Waals surface area contributed by atoms with E-state index in [4.69, 9.17) is 16.9 Å². The number of rotatable bonds is 8. The van der Waals surface area contributed by atoms with Crippen molar-refractivity contribution in [2.45, 2.75) is 64.9 Å². The third-order valence-electron chi connectivity index (χ3n) is 5.25. The minimum Gasteiger partial charge on any atom is -0.388 e. The molecular formula is C19H26ClNO. The predicted octanol–water partition coefficient (Wildman–Crippen LogP) is 5.57. The Morgan fingerprint density at radius 3 is 2.64 bits per heavy atom. The molecule has 0 spiro atoms. The Labute approximate surface area is 139 Å². The lowest BCUT2D eigenvalue weighted by molar-refractivity contribution is 0.156. The number of aliphatic hydroxyl groups excluding tert-OH is 1. The molecule has 1 saturated carbocycles. The summed E-state index contributed by atoms with van der Waals surface area (Å²) < 4.78 is 0. The van der Waals surface area contributed by atoms with Crippen molar-refractivity contribution in [1.29, 1.82) is 5.26 Å². The molecule has 22 heavy (non-hydrogen) atoms. The van der Waals surface area contributed by atoms with E-state index in [1.165, 1.54) is 12.8 Å². The number of halogens is 1. The molecule has 2 atom stereocenters. The predicted molar refractivity (Wildman–Crippen MR) is 90.7 cm³/mol. The van der Waals surface area contributed by atoms with Gasteiger partial charge in [0.15, 0.2) is 0 Å². The lowest BCUT2D eigenvalue weighted by Crippen LogP contribution is -2.13. The zero-order valence-corrected chi connectivity index (χ0v) is 14.4. The maximum atomic E-state index is 10.4. The third kappa shape index (κ3) is 4.48. The van der Waals surface area contributed by atoms with E-state index < -0.39 is 6.10 Å². The molecule has 0 heterocycles. The molecule has 2 nitrogen and oxygen atoms in total. The largest absolute Gasteiger partial charge is 0.388 e. The maximum Gasteiger partial charge on any atom is 0.0792 e. The standard InChI is InChI=1S/C19H26ClNO/c1-14-13-16(20)8-9-17(14)18(22)7-3-5-15(6-4-12-21)19(2)10-11-19/h8-9,13,15,18,22H,3-7,10-11H2,1-2H3/t15?,18-/m1/s1. The number of hydrogen-bond donors (Lipinski definition) is 1. The first-order chi connectivity index (χ1) is 10.5. The second-order valence-corrected chi connectivity index (χ2v) is 7.43. The molecule has 0 saturated heterocycles. The summed E-state index contributed by atoms with van der Waals surface area (Å²) >= 11 is 5.97. The van der Waals surface area contributed by atoms with Crippen LogP contribution in [0.25, 0.3) is 0 Å². The second-order valence-electron chi connectivity index (χ2n) is 7.00. The highest BCUT2D eigenvalue weighted by molar-refractivity contribution is 6.30. The molecular weight excluding hydrogens is 294 g/mol. The number of benzene rings is 1. The highest BCUT2D eigenvalue weighted by atomic mass is 35.5. The lowest BCUT2D eigenvalue weighted by atomic mass is 9.82. The van der Waals surface area contributed by atoms with Gasteiger partial charge in [-0.3, -0.25) is 0 Å². The molecule has 3 heteroatoms. The van der Waals surface area contributed by atoms with Crippen LogP contribution in [0.1, 0.15) is 69.1 Å².